The van der Waals surface area contributed by atoms with E-state index in [1.807, 2.05) is 13.8 Å². The van der Waals surface area contributed by atoms with Crippen LogP contribution < -0.4 is 10.5 Å². The minimum absolute atomic E-state index is 0.00356. The molecule has 164 valence electrons. The SMILES string of the molecule is CC.COc1cccc(C(N)=NC(=Nc2ccncc2F)c2[nH]ccc2C(O)CO)n1. The maximum atomic E-state index is 14.1. The Morgan fingerprint density at radius 3 is 2.74 bits per heavy atom. The molecule has 1 unspecified atom stereocenters. The standard InChI is InChI=1S/C19H19FN6O3.C2H6/c1-29-16-4-2-3-14(24-16)18(21)26-19(25-13-6-7-22-9-12(13)20)17-11(5-8-23-17)15(28)10-27;1-2/h2-9,15,23,27-28H,10H2,1H3,(H2,21,22,25,26);1-2H3. The van der Waals surface area contributed by atoms with Crippen molar-refractivity contribution in [2.75, 3.05) is 13.7 Å². The molecule has 0 saturated heterocycles. The second-order valence-electron chi connectivity index (χ2n) is 5.83. The lowest BCUT2D eigenvalue weighted by Gasteiger charge is -2.10. The molecule has 3 rings (SSSR count). The van der Waals surface area contributed by atoms with E-state index in [-0.39, 0.29) is 23.1 Å². The Balaban J connectivity index is 0.00000166. The van der Waals surface area contributed by atoms with Crippen molar-refractivity contribution in [3.63, 3.8) is 0 Å². The van der Waals surface area contributed by atoms with Crippen molar-refractivity contribution in [3.8, 4) is 5.88 Å². The summed E-state index contributed by atoms with van der Waals surface area (Å²) in [6, 6.07) is 7.90. The van der Waals surface area contributed by atoms with Crippen molar-refractivity contribution in [1.29, 1.82) is 0 Å². The van der Waals surface area contributed by atoms with Crippen molar-refractivity contribution >= 4 is 17.4 Å². The summed E-state index contributed by atoms with van der Waals surface area (Å²) in [7, 11) is 1.47. The van der Waals surface area contributed by atoms with Crippen LogP contribution in [0.5, 0.6) is 5.88 Å². The van der Waals surface area contributed by atoms with E-state index in [1.165, 1.54) is 25.6 Å². The van der Waals surface area contributed by atoms with Crippen LogP contribution in [0.1, 0.15) is 36.9 Å². The first-order valence-corrected chi connectivity index (χ1v) is 9.53. The highest BCUT2D eigenvalue weighted by atomic mass is 19.1. The van der Waals surface area contributed by atoms with Gasteiger partial charge in [-0.15, -0.1) is 0 Å². The van der Waals surface area contributed by atoms with Crippen molar-refractivity contribution in [3.05, 3.63) is 71.7 Å². The van der Waals surface area contributed by atoms with Crippen LogP contribution in [-0.4, -0.2) is 50.6 Å². The second kappa shape index (κ2) is 11.5. The number of H-pyrrole nitrogens is 1. The van der Waals surface area contributed by atoms with Crippen molar-refractivity contribution in [2.24, 2.45) is 15.7 Å². The third-order valence-corrected chi connectivity index (χ3v) is 3.93. The maximum Gasteiger partial charge on any atom is 0.213 e. The number of aliphatic imine (C=N–C) groups is 2. The Hall–Kier alpha value is -3.63. The monoisotopic (exact) mass is 428 g/mol. The Labute approximate surface area is 179 Å². The lowest BCUT2D eigenvalue weighted by Crippen LogP contribution is -2.19. The van der Waals surface area contributed by atoms with Gasteiger partial charge in [-0.05, 0) is 18.2 Å². The van der Waals surface area contributed by atoms with E-state index in [4.69, 9.17) is 10.5 Å². The summed E-state index contributed by atoms with van der Waals surface area (Å²) in [4.78, 5) is 19.3. The smallest absolute Gasteiger partial charge is 0.213 e. The van der Waals surface area contributed by atoms with Crippen LogP contribution in [0.15, 0.2) is 58.9 Å². The first-order valence-electron chi connectivity index (χ1n) is 9.53. The number of halogens is 1. The highest BCUT2D eigenvalue weighted by Gasteiger charge is 2.18. The number of nitrogens with zero attached hydrogens (tertiary/aromatic N) is 4. The molecule has 1 atom stereocenters. The van der Waals surface area contributed by atoms with Gasteiger partial charge >= 0.3 is 0 Å². The first-order chi connectivity index (χ1) is 15.0. The number of nitrogens with two attached hydrogens (primary N) is 1. The Morgan fingerprint density at radius 1 is 1.29 bits per heavy atom. The quantitative estimate of drug-likeness (QED) is 0.351. The summed E-state index contributed by atoms with van der Waals surface area (Å²) < 4.78 is 19.2. The summed E-state index contributed by atoms with van der Waals surface area (Å²) in [6.07, 6.45) is 2.76. The molecular weight excluding hydrogens is 403 g/mol. The van der Waals surface area contributed by atoms with Gasteiger partial charge in [-0.1, -0.05) is 19.9 Å². The summed E-state index contributed by atoms with van der Waals surface area (Å²) >= 11 is 0. The number of rotatable bonds is 6. The van der Waals surface area contributed by atoms with Crippen molar-refractivity contribution < 1.29 is 19.3 Å². The van der Waals surface area contributed by atoms with Gasteiger partial charge in [0, 0.05) is 24.0 Å². The molecule has 10 heteroatoms. The zero-order valence-corrected chi connectivity index (χ0v) is 17.5. The fourth-order valence-corrected chi connectivity index (χ4v) is 2.50. The number of aromatic nitrogens is 3. The number of aliphatic hydroxyl groups excluding tert-OH is 2. The van der Waals surface area contributed by atoms with Crippen LogP contribution in [0.25, 0.3) is 0 Å². The molecule has 3 aromatic heterocycles. The van der Waals surface area contributed by atoms with Crippen LogP contribution >= 0.6 is 0 Å². The summed E-state index contributed by atoms with van der Waals surface area (Å²) in [6.45, 7) is 3.48. The highest BCUT2D eigenvalue weighted by molar-refractivity contribution is 6.11. The summed E-state index contributed by atoms with van der Waals surface area (Å²) in [5, 5.41) is 19.4. The second-order valence-corrected chi connectivity index (χ2v) is 5.83. The van der Waals surface area contributed by atoms with E-state index >= 15 is 0 Å². The highest BCUT2D eigenvalue weighted by Crippen LogP contribution is 2.22. The molecule has 0 fully saturated rings. The Bertz CT molecular complexity index is 1050. The van der Waals surface area contributed by atoms with Gasteiger partial charge in [0.05, 0.1) is 25.6 Å². The zero-order chi connectivity index (χ0) is 22.8. The number of ether oxygens (including phenoxy) is 1. The molecule has 0 bridgehead atoms. The molecule has 3 aromatic rings. The predicted molar refractivity (Wildman–Crippen MR) is 116 cm³/mol. The van der Waals surface area contributed by atoms with Crippen molar-refractivity contribution in [2.45, 2.75) is 20.0 Å². The molecule has 0 radical (unpaired) electrons. The summed E-state index contributed by atoms with van der Waals surface area (Å²) in [5.41, 5.74) is 6.99. The first kappa shape index (κ1) is 23.6. The normalized spacial score (nSPS) is 12.7. The van der Waals surface area contributed by atoms with Crippen LogP contribution in [0.3, 0.4) is 0 Å². The molecule has 0 aliphatic rings. The van der Waals surface area contributed by atoms with Crippen LogP contribution in [0.2, 0.25) is 0 Å². The molecule has 0 amide bonds. The van der Waals surface area contributed by atoms with E-state index in [9.17, 15) is 14.6 Å². The van der Waals surface area contributed by atoms with Gasteiger partial charge in [0.1, 0.15) is 17.5 Å². The van der Waals surface area contributed by atoms with Gasteiger partial charge < -0.3 is 25.7 Å². The van der Waals surface area contributed by atoms with Gasteiger partial charge in [0.15, 0.2) is 17.5 Å². The fourth-order valence-electron chi connectivity index (χ4n) is 2.50. The fraction of sp³-hybridized carbons (Fsp3) is 0.238. The molecule has 0 aliphatic heterocycles. The Kier molecular flexibility index (Phi) is 8.79. The van der Waals surface area contributed by atoms with Crippen LogP contribution in [0.4, 0.5) is 10.1 Å². The molecule has 31 heavy (non-hydrogen) atoms. The average Bonchev–Trinajstić information content (AvgIpc) is 3.30. The minimum atomic E-state index is -1.19. The molecule has 0 aliphatic carbocycles. The number of aliphatic hydroxyl groups is 2. The molecule has 0 saturated carbocycles. The van der Waals surface area contributed by atoms with E-state index in [1.54, 1.807) is 24.3 Å². The predicted octanol–water partition coefficient (Wildman–Crippen LogP) is 2.49. The molecule has 9 nitrogen and oxygen atoms in total. The third-order valence-electron chi connectivity index (χ3n) is 3.93. The van der Waals surface area contributed by atoms with E-state index in [0.29, 0.717) is 17.1 Å². The molecule has 0 spiro atoms. The van der Waals surface area contributed by atoms with Gasteiger partial charge in [0.2, 0.25) is 5.88 Å². The molecular formula is C21H25FN6O3. The van der Waals surface area contributed by atoms with Gasteiger partial charge in [-0.3, -0.25) is 4.98 Å². The number of pyridine rings is 2. The summed E-state index contributed by atoms with van der Waals surface area (Å²) in [5.74, 6) is -0.328. The van der Waals surface area contributed by atoms with E-state index < -0.39 is 18.5 Å². The third kappa shape index (κ3) is 5.93. The zero-order valence-electron chi connectivity index (χ0n) is 17.5. The molecule has 0 aromatic carbocycles. The molecule has 3 heterocycles. The van der Waals surface area contributed by atoms with E-state index in [0.717, 1.165) is 6.20 Å². The number of hydrogen-bond acceptors (Lipinski definition) is 6. The molecule has 5 N–H and O–H groups in total. The van der Waals surface area contributed by atoms with Gasteiger partial charge in [-0.25, -0.2) is 19.4 Å². The minimum Gasteiger partial charge on any atom is -0.481 e. The largest absolute Gasteiger partial charge is 0.481 e. The topological polar surface area (TPSA) is 142 Å². The lowest BCUT2D eigenvalue weighted by atomic mass is 10.1. The lowest BCUT2D eigenvalue weighted by molar-refractivity contribution is 0.0956. The number of amidine groups is 2. The van der Waals surface area contributed by atoms with Crippen LogP contribution in [0, 0.1) is 5.82 Å². The number of nitrogens with one attached hydrogen (secondary N) is 1. The Morgan fingerprint density at radius 2 is 2.06 bits per heavy atom. The average molecular weight is 428 g/mol. The van der Waals surface area contributed by atoms with Crippen molar-refractivity contribution in [1.82, 2.24) is 15.0 Å². The number of hydrogen-bond donors (Lipinski definition) is 4. The van der Waals surface area contributed by atoms with E-state index in [2.05, 4.69) is 24.9 Å². The van der Waals surface area contributed by atoms with Gasteiger partial charge in [-0.2, -0.15) is 0 Å². The maximum absolute atomic E-state index is 14.1. The van der Waals surface area contributed by atoms with Gasteiger partial charge in [0.25, 0.3) is 0 Å². The van der Waals surface area contributed by atoms with Crippen LogP contribution in [-0.2, 0) is 0 Å². The number of methoxy groups -OCH3 is 1. The number of aromatic amines is 1.